The van der Waals surface area contributed by atoms with Crippen molar-refractivity contribution in [2.45, 2.75) is 30.5 Å². The van der Waals surface area contributed by atoms with Crippen molar-refractivity contribution < 1.29 is 31.4 Å². The summed E-state index contributed by atoms with van der Waals surface area (Å²) in [6.07, 6.45) is -5.08. The number of nitrogens with one attached hydrogen (secondary N) is 1. The molecule has 0 spiro atoms. The van der Waals surface area contributed by atoms with Crippen LogP contribution < -0.4 is 9.46 Å². The predicted octanol–water partition coefficient (Wildman–Crippen LogP) is 3.12. The molecule has 0 aliphatic heterocycles. The number of hydrogen-bond donors (Lipinski definition) is 2. The van der Waals surface area contributed by atoms with Gasteiger partial charge in [-0.3, -0.25) is 0 Å². The molecule has 0 aliphatic carbocycles. The van der Waals surface area contributed by atoms with Gasteiger partial charge in [-0.15, -0.1) is 0 Å². The molecule has 0 saturated carbocycles. The second kappa shape index (κ2) is 7.87. The van der Waals surface area contributed by atoms with Crippen LogP contribution in [-0.2, 0) is 15.6 Å². The fourth-order valence-electron chi connectivity index (χ4n) is 2.47. The molecular formula is C18H20F3NO4S. The Bertz CT molecular complexity index is 885. The van der Waals surface area contributed by atoms with Crippen LogP contribution in [0.1, 0.15) is 18.1 Å². The van der Waals surface area contributed by atoms with Crippen LogP contribution in [0.25, 0.3) is 0 Å². The molecule has 148 valence electrons. The third-order valence-corrected chi connectivity index (χ3v) is 5.39. The monoisotopic (exact) mass is 403 g/mol. The summed E-state index contributed by atoms with van der Waals surface area (Å²) in [4.78, 5) is -0.221. The second-order valence-corrected chi connectivity index (χ2v) is 7.68. The Labute approximate surface area is 155 Å². The Morgan fingerprint density at radius 3 is 2.26 bits per heavy atom. The molecule has 2 aromatic rings. The van der Waals surface area contributed by atoms with Crippen LogP contribution in [-0.4, -0.2) is 32.9 Å². The third-order valence-electron chi connectivity index (χ3n) is 3.99. The van der Waals surface area contributed by atoms with E-state index in [0.717, 1.165) is 12.1 Å². The summed E-state index contributed by atoms with van der Waals surface area (Å²) >= 11 is 0. The maximum Gasteiger partial charge on any atom is 0.422 e. The Kier molecular flexibility index (Phi) is 6.18. The molecule has 0 bridgehead atoms. The van der Waals surface area contributed by atoms with E-state index in [1.165, 1.54) is 36.4 Å². The van der Waals surface area contributed by atoms with Crippen molar-refractivity contribution in [3.63, 3.8) is 0 Å². The molecule has 0 amide bonds. The minimum absolute atomic E-state index is 0.221. The molecule has 27 heavy (non-hydrogen) atoms. The van der Waals surface area contributed by atoms with E-state index in [0.29, 0.717) is 17.9 Å². The van der Waals surface area contributed by atoms with E-state index >= 15 is 0 Å². The largest absolute Gasteiger partial charge is 0.494 e. The SMILES string of the molecule is CCOc1ccc(S(=O)(=O)NCC(O)(c2ccccc2)C(F)(F)F)cc1C. The van der Waals surface area contributed by atoms with Gasteiger partial charge in [0.05, 0.1) is 18.0 Å². The van der Waals surface area contributed by atoms with E-state index in [-0.39, 0.29) is 4.90 Å². The first-order chi connectivity index (χ1) is 12.5. The molecule has 2 aromatic carbocycles. The smallest absolute Gasteiger partial charge is 0.422 e. The van der Waals surface area contributed by atoms with E-state index in [4.69, 9.17) is 4.74 Å². The number of rotatable bonds is 7. The van der Waals surface area contributed by atoms with E-state index in [9.17, 15) is 26.7 Å². The van der Waals surface area contributed by atoms with Crippen LogP contribution in [0.4, 0.5) is 13.2 Å². The topological polar surface area (TPSA) is 75.6 Å². The van der Waals surface area contributed by atoms with Crippen LogP contribution >= 0.6 is 0 Å². The molecule has 2 N–H and O–H groups in total. The minimum atomic E-state index is -5.08. The molecule has 2 rings (SSSR count). The predicted molar refractivity (Wildman–Crippen MR) is 93.9 cm³/mol. The third kappa shape index (κ3) is 4.60. The lowest BCUT2D eigenvalue weighted by molar-refractivity contribution is -0.263. The number of aryl methyl sites for hydroxylation is 1. The van der Waals surface area contributed by atoms with Gasteiger partial charge in [-0.2, -0.15) is 13.2 Å². The van der Waals surface area contributed by atoms with E-state index in [1.54, 1.807) is 13.8 Å². The van der Waals surface area contributed by atoms with Crippen molar-refractivity contribution >= 4 is 10.0 Å². The number of hydrogen-bond acceptors (Lipinski definition) is 4. The fraction of sp³-hybridized carbons (Fsp3) is 0.333. The Hall–Kier alpha value is -2.10. The molecular weight excluding hydrogens is 383 g/mol. The lowest BCUT2D eigenvalue weighted by Gasteiger charge is -2.31. The van der Waals surface area contributed by atoms with Gasteiger partial charge in [0.2, 0.25) is 10.0 Å². The molecule has 0 radical (unpaired) electrons. The van der Waals surface area contributed by atoms with Crippen LogP contribution in [0, 0.1) is 6.92 Å². The molecule has 0 fully saturated rings. The van der Waals surface area contributed by atoms with Crippen molar-refractivity contribution in [1.82, 2.24) is 4.72 Å². The Balaban J connectivity index is 2.30. The van der Waals surface area contributed by atoms with Crippen molar-refractivity contribution in [2.75, 3.05) is 13.2 Å². The number of benzene rings is 2. The summed E-state index contributed by atoms with van der Waals surface area (Å²) in [5, 5.41) is 10.2. The standard InChI is InChI=1S/C18H20F3NO4S/c1-3-26-16-10-9-15(11-13(16)2)27(24,25)22-12-17(23,18(19,20)21)14-7-5-4-6-8-14/h4-11,22-23H,3,12H2,1-2H3. The van der Waals surface area contributed by atoms with Crippen molar-refractivity contribution in [3.8, 4) is 5.75 Å². The summed E-state index contributed by atoms with van der Waals surface area (Å²) in [6, 6.07) is 10.3. The van der Waals surface area contributed by atoms with Crippen LogP contribution in [0.5, 0.6) is 5.75 Å². The van der Waals surface area contributed by atoms with Gasteiger partial charge in [0.1, 0.15) is 5.75 Å². The van der Waals surface area contributed by atoms with Crippen molar-refractivity contribution in [1.29, 1.82) is 0 Å². The van der Waals surface area contributed by atoms with Gasteiger partial charge >= 0.3 is 6.18 Å². The van der Waals surface area contributed by atoms with E-state index < -0.39 is 33.9 Å². The molecule has 1 atom stereocenters. The van der Waals surface area contributed by atoms with Crippen molar-refractivity contribution in [3.05, 3.63) is 59.7 Å². The molecule has 1 unspecified atom stereocenters. The quantitative estimate of drug-likeness (QED) is 0.745. The molecule has 0 heterocycles. The van der Waals surface area contributed by atoms with Gasteiger partial charge in [-0.25, -0.2) is 13.1 Å². The maximum absolute atomic E-state index is 13.5. The number of alkyl halides is 3. The van der Waals surface area contributed by atoms with Gasteiger partial charge in [-0.05, 0) is 43.2 Å². The van der Waals surface area contributed by atoms with E-state index in [1.807, 2.05) is 4.72 Å². The lowest BCUT2D eigenvalue weighted by atomic mass is 9.93. The average Bonchev–Trinajstić information content (AvgIpc) is 2.61. The van der Waals surface area contributed by atoms with E-state index in [2.05, 4.69) is 0 Å². The normalized spacial score (nSPS) is 14.6. The van der Waals surface area contributed by atoms with Crippen LogP contribution in [0.2, 0.25) is 0 Å². The average molecular weight is 403 g/mol. The van der Waals surface area contributed by atoms with Crippen LogP contribution in [0.3, 0.4) is 0 Å². The lowest BCUT2D eigenvalue weighted by Crippen LogP contribution is -2.51. The first-order valence-electron chi connectivity index (χ1n) is 8.09. The highest BCUT2D eigenvalue weighted by Gasteiger charge is 2.55. The zero-order valence-electron chi connectivity index (χ0n) is 14.7. The molecule has 0 aliphatic rings. The van der Waals surface area contributed by atoms with Crippen molar-refractivity contribution in [2.24, 2.45) is 0 Å². The summed E-state index contributed by atoms with van der Waals surface area (Å²) in [6.45, 7) is 2.53. The highest BCUT2D eigenvalue weighted by atomic mass is 32.2. The summed E-state index contributed by atoms with van der Waals surface area (Å²) in [5.74, 6) is 0.479. The van der Waals surface area contributed by atoms with Gasteiger partial charge in [-0.1, -0.05) is 30.3 Å². The second-order valence-electron chi connectivity index (χ2n) is 5.91. The maximum atomic E-state index is 13.5. The first kappa shape index (κ1) is 21.2. The Morgan fingerprint density at radius 1 is 1.11 bits per heavy atom. The number of sulfonamides is 1. The number of aliphatic hydroxyl groups is 1. The summed E-state index contributed by atoms with van der Waals surface area (Å²) in [7, 11) is -4.28. The minimum Gasteiger partial charge on any atom is -0.494 e. The number of halogens is 3. The first-order valence-corrected chi connectivity index (χ1v) is 9.57. The van der Waals surface area contributed by atoms with Gasteiger partial charge < -0.3 is 9.84 Å². The molecule has 0 saturated heterocycles. The zero-order valence-corrected chi connectivity index (χ0v) is 15.6. The molecule has 5 nitrogen and oxygen atoms in total. The van der Waals surface area contributed by atoms with Gasteiger partial charge in [0, 0.05) is 0 Å². The Morgan fingerprint density at radius 2 is 1.74 bits per heavy atom. The summed E-state index contributed by atoms with van der Waals surface area (Å²) < 4.78 is 72.4. The summed E-state index contributed by atoms with van der Waals surface area (Å²) in [5.41, 5.74) is -3.29. The fourth-order valence-corrected chi connectivity index (χ4v) is 3.61. The highest BCUT2D eigenvalue weighted by molar-refractivity contribution is 7.89. The van der Waals surface area contributed by atoms with Gasteiger partial charge in [0.25, 0.3) is 0 Å². The highest BCUT2D eigenvalue weighted by Crippen LogP contribution is 2.38. The zero-order chi connectivity index (χ0) is 20.3. The van der Waals surface area contributed by atoms with Gasteiger partial charge in [0.15, 0.2) is 5.60 Å². The number of ether oxygens (including phenoxy) is 1. The molecule has 0 aromatic heterocycles. The van der Waals surface area contributed by atoms with Crippen LogP contribution in [0.15, 0.2) is 53.4 Å². The molecule has 9 heteroatoms.